The molecule has 2 aromatic rings. The molecule has 1 unspecified atom stereocenters. The summed E-state index contributed by atoms with van der Waals surface area (Å²) < 4.78 is 1.06. The molecule has 0 bridgehead atoms. The average Bonchev–Trinajstić information content (AvgIpc) is 2.70. The van der Waals surface area contributed by atoms with Crippen LogP contribution < -0.4 is 11.1 Å². The summed E-state index contributed by atoms with van der Waals surface area (Å²) in [6.07, 6.45) is 1.53. The van der Waals surface area contributed by atoms with E-state index in [2.05, 4.69) is 10.3 Å². The lowest BCUT2D eigenvalue weighted by atomic mass is 9.97. The summed E-state index contributed by atoms with van der Waals surface area (Å²) in [6.45, 7) is 3.76. The van der Waals surface area contributed by atoms with Crippen LogP contribution >= 0.6 is 11.3 Å². The maximum atomic E-state index is 12.0. The summed E-state index contributed by atoms with van der Waals surface area (Å²) in [4.78, 5) is 16.4. The molecule has 0 fully saturated rings. The number of nitrogens with one attached hydrogen (secondary N) is 1. The smallest absolute Gasteiger partial charge is 0.245 e. The molecule has 1 atom stereocenters. The summed E-state index contributed by atoms with van der Waals surface area (Å²) in [5.74, 6) is -0.177. The summed E-state index contributed by atoms with van der Waals surface area (Å²) >= 11 is 1.46. The second kappa shape index (κ2) is 5.04. The van der Waals surface area contributed by atoms with Gasteiger partial charge in [0.15, 0.2) is 5.13 Å². The largest absolute Gasteiger partial charge is 0.318 e. The predicted molar refractivity (Wildman–Crippen MR) is 75.8 cm³/mol. The van der Waals surface area contributed by atoms with Crippen molar-refractivity contribution in [2.45, 2.75) is 32.2 Å². The fourth-order valence-corrected chi connectivity index (χ4v) is 2.66. The first-order chi connectivity index (χ1) is 8.53. The van der Waals surface area contributed by atoms with E-state index in [9.17, 15) is 4.79 Å². The Labute approximate surface area is 110 Å². The van der Waals surface area contributed by atoms with Crippen molar-refractivity contribution in [3.8, 4) is 0 Å². The highest BCUT2D eigenvalue weighted by molar-refractivity contribution is 7.22. The van der Waals surface area contributed by atoms with Crippen LogP contribution in [0.25, 0.3) is 10.2 Å². The zero-order valence-electron chi connectivity index (χ0n) is 10.6. The van der Waals surface area contributed by atoms with Crippen molar-refractivity contribution in [1.29, 1.82) is 0 Å². The molecule has 1 aromatic carbocycles. The standard InChI is InChI=1S/C13H17N3OS/c1-3-8-13(2,14)11(17)16-12-15-9-6-4-5-7-10(9)18-12/h4-7H,3,8,14H2,1-2H3,(H,15,16,17). The van der Waals surface area contributed by atoms with Crippen LogP contribution in [0.5, 0.6) is 0 Å². The molecule has 1 amide bonds. The first kappa shape index (κ1) is 13.0. The number of benzene rings is 1. The van der Waals surface area contributed by atoms with E-state index in [4.69, 9.17) is 5.73 Å². The van der Waals surface area contributed by atoms with E-state index in [1.165, 1.54) is 11.3 Å². The van der Waals surface area contributed by atoms with Gasteiger partial charge in [0.05, 0.1) is 15.8 Å². The molecule has 0 aliphatic rings. The van der Waals surface area contributed by atoms with Crippen molar-refractivity contribution in [2.24, 2.45) is 5.73 Å². The van der Waals surface area contributed by atoms with Gasteiger partial charge in [0, 0.05) is 0 Å². The molecule has 0 saturated heterocycles. The van der Waals surface area contributed by atoms with Gasteiger partial charge in [0.1, 0.15) is 0 Å². The summed E-state index contributed by atoms with van der Waals surface area (Å²) in [6, 6.07) is 7.79. The number of nitrogens with two attached hydrogens (primary N) is 1. The summed E-state index contributed by atoms with van der Waals surface area (Å²) in [7, 11) is 0. The predicted octanol–water partition coefficient (Wildman–Crippen LogP) is 2.75. The molecular formula is C13H17N3OS. The van der Waals surface area contributed by atoms with E-state index in [0.29, 0.717) is 11.6 Å². The number of amides is 1. The zero-order chi connectivity index (χ0) is 13.2. The highest BCUT2D eigenvalue weighted by Gasteiger charge is 2.27. The van der Waals surface area contributed by atoms with E-state index in [1.807, 2.05) is 31.2 Å². The Balaban J connectivity index is 2.16. The number of hydrogen-bond acceptors (Lipinski definition) is 4. The van der Waals surface area contributed by atoms with E-state index < -0.39 is 5.54 Å². The van der Waals surface area contributed by atoms with E-state index >= 15 is 0 Å². The second-order valence-corrected chi connectivity index (χ2v) is 5.64. The first-order valence-electron chi connectivity index (χ1n) is 5.99. The third kappa shape index (κ3) is 2.68. The number of hydrogen-bond donors (Lipinski definition) is 2. The number of nitrogens with zero attached hydrogens (tertiary/aromatic N) is 1. The number of aromatic nitrogens is 1. The minimum absolute atomic E-state index is 0.177. The Morgan fingerprint density at radius 3 is 2.89 bits per heavy atom. The minimum Gasteiger partial charge on any atom is -0.318 e. The lowest BCUT2D eigenvalue weighted by Crippen LogP contribution is -2.48. The third-order valence-electron chi connectivity index (χ3n) is 2.80. The van der Waals surface area contributed by atoms with Gasteiger partial charge in [-0.2, -0.15) is 0 Å². The molecule has 0 radical (unpaired) electrons. The van der Waals surface area contributed by atoms with Crippen LogP contribution in [0, 0.1) is 0 Å². The van der Waals surface area contributed by atoms with E-state index in [0.717, 1.165) is 16.6 Å². The molecule has 1 aromatic heterocycles. The lowest BCUT2D eigenvalue weighted by molar-refractivity contribution is -0.120. The Bertz CT molecular complexity index is 529. The van der Waals surface area contributed by atoms with Crippen molar-refractivity contribution >= 4 is 32.6 Å². The normalized spacial score (nSPS) is 14.4. The molecule has 0 spiro atoms. The quantitative estimate of drug-likeness (QED) is 0.891. The maximum absolute atomic E-state index is 12.0. The maximum Gasteiger partial charge on any atom is 0.245 e. The molecule has 18 heavy (non-hydrogen) atoms. The molecule has 96 valence electrons. The van der Waals surface area contributed by atoms with Gasteiger partial charge < -0.3 is 11.1 Å². The number of anilines is 1. The SMILES string of the molecule is CCCC(C)(N)C(=O)Nc1nc2ccccc2s1. The molecular weight excluding hydrogens is 246 g/mol. The van der Waals surface area contributed by atoms with Crippen LogP contribution in [0.1, 0.15) is 26.7 Å². The number of carbonyl (C=O) groups is 1. The Hall–Kier alpha value is -1.46. The first-order valence-corrected chi connectivity index (χ1v) is 6.80. The Morgan fingerprint density at radius 1 is 1.50 bits per heavy atom. The van der Waals surface area contributed by atoms with Crippen LogP contribution in [0.3, 0.4) is 0 Å². The summed E-state index contributed by atoms with van der Waals surface area (Å²) in [5.41, 5.74) is 6.03. The zero-order valence-corrected chi connectivity index (χ0v) is 11.4. The van der Waals surface area contributed by atoms with Gasteiger partial charge in [-0.15, -0.1) is 0 Å². The van der Waals surface area contributed by atoms with Gasteiger partial charge in [-0.25, -0.2) is 4.98 Å². The molecule has 3 N–H and O–H groups in total. The fourth-order valence-electron chi connectivity index (χ4n) is 1.80. The van der Waals surface area contributed by atoms with E-state index in [1.54, 1.807) is 6.92 Å². The Morgan fingerprint density at radius 2 is 2.22 bits per heavy atom. The molecule has 0 aliphatic heterocycles. The van der Waals surface area contributed by atoms with Crippen LogP contribution in [-0.4, -0.2) is 16.4 Å². The molecule has 1 heterocycles. The van der Waals surface area contributed by atoms with Gasteiger partial charge in [0.2, 0.25) is 5.91 Å². The second-order valence-electron chi connectivity index (χ2n) is 4.61. The van der Waals surface area contributed by atoms with Crippen LogP contribution in [0.15, 0.2) is 24.3 Å². The molecule has 0 saturated carbocycles. The minimum atomic E-state index is -0.841. The number of carbonyl (C=O) groups excluding carboxylic acids is 1. The van der Waals surface area contributed by atoms with Gasteiger partial charge in [0.25, 0.3) is 0 Å². The van der Waals surface area contributed by atoms with Crippen molar-refractivity contribution in [2.75, 3.05) is 5.32 Å². The van der Waals surface area contributed by atoms with Gasteiger partial charge in [-0.3, -0.25) is 4.79 Å². The van der Waals surface area contributed by atoms with Crippen LogP contribution in [0.2, 0.25) is 0 Å². The third-order valence-corrected chi connectivity index (χ3v) is 3.75. The van der Waals surface area contributed by atoms with Crippen molar-refractivity contribution in [1.82, 2.24) is 4.98 Å². The fraction of sp³-hybridized carbons (Fsp3) is 0.385. The van der Waals surface area contributed by atoms with Gasteiger partial charge >= 0.3 is 0 Å². The summed E-state index contributed by atoms with van der Waals surface area (Å²) in [5, 5.41) is 3.41. The molecule has 2 rings (SSSR count). The monoisotopic (exact) mass is 263 g/mol. The topological polar surface area (TPSA) is 68.0 Å². The molecule has 0 aliphatic carbocycles. The van der Waals surface area contributed by atoms with Gasteiger partial charge in [-0.05, 0) is 25.5 Å². The van der Waals surface area contributed by atoms with Crippen molar-refractivity contribution in [3.63, 3.8) is 0 Å². The number of fused-ring (bicyclic) bond motifs is 1. The molecule has 4 nitrogen and oxygen atoms in total. The van der Waals surface area contributed by atoms with E-state index in [-0.39, 0.29) is 5.91 Å². The lowest BCUT2D eigenvalue weighted by Gasteiger charge is -2.21. The number of rotatable bonds is 4. The Kier molecular flexibility index (Phi) is 3.63. The highest BCUT2D eigenvalue weighted by atomic mass is 32.1. The number of thiazole rings is 1. The average molecular weight is 263 g/mol. The molecule has 5 heteroatoms. The van der Waals surface area contributed by atoms with Crippen LogP contribution in [-0.2, 0) is 4.79 Å². The van der Waals surface area contributed by atoms with Crippen molar-refractivity contribution < 1.29 is 4.79 Å². The van der Waals surface area contributed by atoms with Gasteiger partial charge in [-0.1, -0.05) is 36.8 Å². The highest BCUT2D eigenvalue weighted by Crippen LogP contribution is 2.26. The number of para-hydroxylation sites is 1. The van der Waals surface area contributed by atoms with Crippen molar-refractivity contribution in [3.05, 3.63) is 24.3 Å². The van der Waals surface area contributed by atoms with Crippen LogP contribution in [0.4, 0.5) is 5.13 Å².